The van der Waals surface area contributed by atoms with Gasteiger partial charge < -0.3 is 5.32 Å². The van der Waals surface area contributed by atoms with Crippen LogP contribution in [0.3, 0.4) is 0 Å². The van der Waals surface area contributed by atoms with E-state index in [0.29, 0.717) is 0 Å². The van der Waals surface area contributed by atoms with Crippen molar-refractivity contribution in [3.8, 4) is 0 Å². The fourth-order valence-electron chi connectivity index (χ4n) is 1.46. The molecule has 0 saturated carbocycles. The molecule has 1 aromatic heterocycles. The molecule has 0 radical (unpaired) electrons. The zero-order valence-electron chi connectivity index (χ0n) is 10.7. The summed E-state index contributed by atoms with van der Waals surface area (Å²) < 4.78 is 0. The van der Waals surface area contributed by atoms with E-state index in [1.165, 1.54) is 18.3 Å². The van der Waals surface area contributed by atoms with Gasteiger partial charge in [-0.25, -0.2) is 9.78 Å². The molecule has 0 spiro atoms. The molecule has 1 heterocycles. The zero-order chi connectivity index (χ0) is 13.9. The number of hydrogen-bond donors (Lipinski definition) is 2. The maximum atomic E-state index is 11.5. The summed E-state index contributed by atoms with van der Waals surface area (Å²) in [5, 5.41) is 5.06. The maximum Gasteiger partial charge on any atom is 0.321 e. The number of urea groups is 1. The topological polar surface area (TPSA) is 71.1 Å². The summed E-state index contributed by atoms with van der Waals surface area (Å²) in [4.78, 5) is 28.0. The largest absolute Gasteiger partial charge is 0.330 e. The Labute approximate surface area is 115 Å². The predicted molar refractivity (Wildman–Crippen MR) is 72.0 cm³/mol. The molecule has 0 aliphatic carbocycles. The van der Waals surface area contributed by atoms with Crippen molar-refractivity contribution < 1.29 is 9.59 Å². The van der Waals surface area contributed by atoms with Crippen molar-refractivity contribution in [1.29, 1.82) is 0 Å². The molecule has 100 valence electrons. The molecule has 18 heavy (non-hydrogen) atoms. The molecule has 0 aromatic carbocycles. The Morgan fingerprint density at radius 2 is 1.94 bits per heavy atom. The van der Waals surface area contributed by atoms with Crippen LogP contribution in [0.5, 0.6) is 0 Å². The predicted octanol–water partition coefficient (Wildman–Crippen LogP) is 2.27. The number of halogens is 1. The average molecular weight is 290 g/mol. The lowest BCUT2D eigenvalue weighted by Crippen LogP contribution is -2.43. The highest BCUT2D eigenvalue weighted by Gasteiger charge is 2.18. The number of aryl methyl sites for hydroxylation is 2. The fraction of sp³-hybridized carbons (Fsp3) is 0.545. The van der Waals surface area contributed by atoms with E-state index in [1.807, 2.05) is 20.8 Å². The lowest BCUT2D eigenvalue weighted by Gasteiger charge is -2.13. The molecule has 0 aliphatic rings. The maximum absolute atomic E-state index is 11.5. The van der Waals surface area contributed by atoms with Gasteiger partial charge in [0.15, 0.2) is 0 Å². The van der Waals surface area contributed by atoms with Gasteiger partial charge in [0.1, 0.15) is 5.38 Å². The lowest BCUT2D eigenvalue weighted by molar-refractivity contribution is -0.119. The van der Waals surface area contributed by atoms with Gasteiger partial charge in [-0.2, -0.15) is 0 Å². The third-order valence-electron chi connectivity index (χ3n) is 2.28. The minimum Gasteiger partial charge on any atom is -0.330 e. The van der Waals surface area contributed by atoms with Crippen LogP contribution in [0.15, 0.2) is 0 Å². The molecule has 1 aromatic rings. The number of carbonyl (C=O) groups excluding carboxylic acids is 2. The van der Waals surface area contributed by atoms with Crippen molar-refractivity contribution in [3.63, 3.8) is 0 Å². The Balaban J connectivity index is 2.60. The Morgan fingerprint density at radius 3 is 2.39 bits per heavy atom. The SMILES string of the molecule is Cc1nc(C)c(C(C)NC(=O)NC(=O)C(C)Cl)s1. The van der Waals surface area contributed by atoms with Crippen LogP contribution in [0.25, 0.3) is 0 Å². The molecule has 1 rings (SSSR count). The Kier molecular flexibility index (Phi) is 5.10. The second kappa shape index (κ2) is 6.15. The van der Waals surface area contributed by atoms with E-state index in [9.17, 15) is 9.59 Å². The Bertz CT molecular complexity index is 459. The number of thiazole rings is 1. The first-order chi connectivity index (χ1) is 8.31. The third kappa shape index (κ3) is 3.96. The quantitative estimate of drug-likeness (QED) is 0.839. The number of rotatable bonds is 3. The van der Waals surface area contributed by atoms with Gasteiger partial charge in [-0.15, -0.1) is 22.9 Å². The average Bonchev–Trinajstić information content (AvgIpc) is 2.57. The van der Waals surface area contributed by atoms with Crippen molar-refractivity contribution >= 4 is 34.9 Å². The molecule has 5 nitrogen and oxygen atoms in total. The molecule has 0 aliphatic heterocycles. The third-order valence-corrected chi connectivity index (χ3v) is 3.73. The number of amides is 3. The van der Waals surface area contributed by atoms with Gasteiger partial charge in [-0.3, -0.25) is 10.1 Å². The monoisotopic (exact) mass is 289 g/mol. The molecule has 2 unspecified atom stereocenters. The summed E-state index contributed by atoms with van der Waals surface area (Å²) in [5.41, 5.74) is 0.891. The zero-order valence-corrected chi connectivity index (χ0v) is 12.3. The van der Waals surface area contributed by atoms with Gasteiger partial charge in [-0.05, 0) is 27.7 Å². The normalized spacial score (nSPS) is 13.8. The first-order valence-corrected chi connectivity index (χ1v) is 6.76. The number of nitrogens with zero attached hydrogens (tertiary/aromatic N) is 1. The van der Waals surface area contributed by atoms with E-state index in [1.54, 1.807) is 0 Å². The number of imide groups is 1. The minimum atomic E-state index is -0.738. The fourth-order valence-corrected chi connectivity index (χ4v) is 2.44. The van der Waals surface area contributed by atoms with Gasteiger partial charge in [0.05, 0.1) is 16.7 Å². The summed E-state index contributed by atoms with van der Waals surface area (Å²) in [6, 6.07) is -0.750. The second-order valence-corrected chi connectivity index (χ2v) is 5.87. The first-order valence-electron chi connectivity index (χ1n) is 5.50. The molecular weight excluding hydrogens is 274 g/mol. The van der Waals surface area contributed by atoms with Gasteiger partial charge in [-0.1, -0.05) is 0 Å². The van der Waals surface area contributed by atoms with Crippen molar-refractivity contribution in [2.45, 2.75) is 39.1 Å². The van der Waals surface area contributed by atoms with Crippen molar-refractivity contribution in [2.24, 2.45) is 0 Å². The molecular formula is C11H16ClN3O2S. The number of alkyl halides is 1. The smallest absolute Gasteiger partial charge is 0.321 e. The molecule has 2 N–H and O–H groups in total. The van der Waals surface area contributed by atoms with Crippen LogP contribution in [0.4, 0.5) is 4.79 Å². The highest BCUT2D eigenvalue weighted by Crippen LogP contribution is 2.24. The van der Waals surface area contributed by atoms with Crippen molar-refractivity contribution in [3.05, 3.63) is 15.6 Å². The van der Waals surface area contributed by atoms with E-state index in [2.05, 4.69) is 15.6 Å². The summed E-state index contributed by atoms with van der Waals surface area (Å²) in [5.74, 6) is -0.515. The van der Waals surface area contributed by atoms with Crippen molar-refractivity contribution in [1.82, 2.24) is 15.6 Å². The highest BCUT2D eigenvalue weighted by atomic mass is 35.5. The standard InChI is InChI=1S/C11H16ClN3O2S/c1-5(12)10(16)15-11(17)14-7(3)9-6(2)13-8(4)18-9/h5,7H,1-4H3,(H2,14,15,16,17). The van der Waals surface area contributed by atoms with Crippen LogP contribution < -0.4 is 10.6 Å². The minimum absolute atomic E-state index is 0.199. The molecule has 2 atom stereocenters. The van der Waals surface area contributed by atoms with Gasteiger partial charge in [0.2, 0.25) is 5.91 Å². The van der Waals surface area contributed by atoms with Crippen LogP contribution in [-0.4, -0.2) is 22.3 Å². The number of hydrogen-bond acceptors (Lipinski definition) is 4. The van der Waals surface area contributed by atoms with Gasteiger partial charge in [0.25, 0.3) is 0 Å². The Hall–Kier alpha value is -1.14. The molecule has 0 bridgehead atoms. The van der Waals surface area contributed by atoms with Crippen LogP contribution in [0.1, 0.15) is 35.5 Å². The summed E-state index contributed by atoms with van der Waals surface area (Å²) in [6.07, 6.45) is 0. The van der Waals surface area contributed by atoms with E-state index >= 15 is 0 Å². The number of nitrogens with one attached hydrogen (secondary N) is 2. The van der Waals surface area contributed by atoms with Crippen LogP contribution >= 0.6 is 22.9 Å². The highest BCUT2D eigenvalue weighted by molar-refractivity contribution is 7.11. The van der Waals surface area contributed by atoms with Crippen LogP contribution in [-0.2, 0) is 4.79 Å². The van der Waals surface area contributed by atoms with E-state index in [-0.39, 0.29) is 6.04 Å². The van der Waals surface area contributed by atoms with E-state index < -0.39 is 17.3 Å². The second-order valence-electron chi connectivity index (χ2n) is 3.98. The molecule has 0 fully saturated rings. The van der Waals surface area contributed by atoms with E-state index in [4.69, 9.17) is 11.6 Å². The number of carbonyl (C=O) groups is 2. The lowest BCUT2D eigenvalue weighted by atomic mass is 10.2. The molecule has 0 saturated heterocycles. The van der Waals surface area contributed by atoms with E-state index in [0.717, 1.165) is 15.6 Å². The van der Waals surface area contributed by atoms with Crippen LogP contribution in [0, 0.1) is 13.8 Å². The van der Waals surface area contributed by atoms with Crippen molar-refractivity contribution in [2.75, 3.05) is 0 Å². The van der Waals surface area contributed by atoms with Gasteiger partial charge in [0, 0.05) is 4.88 Å². The van der Waals surface area contributed by atoms with Crippen LogP contribution in [0.2, 0.25) is 0 Å². The number of aromatic nitrogens is 1. The van der Waals surface area contributed by atoms with Gasteiger partial charge >= 0.3 is 6.03 Å². The molecule has 3 amide bonds. The summed E-state index contributed by atoms with van der Waals surface area (Å²) >= 11 is 7.08. The first kappa shape index (κ1) is 14.9. The Morgan fingerprint density at radius 1 is 1.33 bits per heavy atom. The summed E-state index contributed by atoms with van der Waals surface area (Å²) in [7, 11) is 0. The summed E-state index contributed by atoms with van der Waals surface area (Å²) in [6.45, 7) is 7.14. The molecule has 7 heteroatoms.